The summed E-state index contributed by atoms with van der Waals surface area (Å²) >= 11 is 1.58. The fourth-order valence-electron chi connectivity index (χ4n) is 3.06. The summed E-state index contributed by atoms with van der Waals surface area (Å²) in [4.78, 5) is 20.0. The second-order valence-electron chi connectivity index (χ2n) is 5.92. The summed E-state index contributed by atoms with van der Waals surface area (Å²) in [5.41, 5.74) is 1.07. The van der Waals surface area contributed by atoms with Crippen molar-refractivity contribution in [1.29, 1.82) is 0 Å². The minimum absolute atomic E-state index is 0.208. The minimum Gasteiger partial charge on any atom is -0.472 e. The molecule has 1 amide bonds. The predicted molar refractivity (Wildman–Crippen MR) is 91.1 cm³/mol. The quantitative estimate of drug-likeness (QED) is 0.747. The number of thioether (sulfide) groups is 1. The molecule has 0 bridgehead atoms. The molecule has 0 saturated heterocycles. The summed E-state index contributed by atoms with van der Waals surface area (Å²) in [6, 6.07) is 6.20. The summed E-state index contributed by atoms with van der Waals surface area (Å²) in [5, 5.41) is 0. The molecule has 0 spiro atoms. The third-order valence-electron chi connectivity index (χ3n) is 4.28. The summed E-state index contributed by atoms with van der Waals surface area (Å²) < 4.78 is 5.16. The van der Waals surface area contributed by atoms with Crippen LogP contribution in [-0.4, -0.2) is 27.6 Å². The van der Waals surface area contributed by atoms with Gasteiger partial charge in [0.05, 0.1) is 18.3 Å². The maximum Gasteiger partial charge on any atom is 0.233 e. The summed E-state index contributed by atoms with van der Waals surface area (Å²) in [6.45, 7) is 0.650. The first-order chi connectivity index (χ1) is 11.3. The molecular formula is C18H22N2O2S. The highest BCUT2D eigenvalue weighted by atomic mass is 32.2. The van der Waals surface area contributed by atoms with Gasteiger partial charge in [-0.25, -0.2) is 0 Å². The lowest BCUT2D eigenvalue weighted by Crippen LogP contribution is -2.41. The highest BCUT2D eigenvalue weighted by molar-refractivity contribution is 8.00. The topological polar surface area (TPSA) is 46.3 Å². The Bertz CT molecular complexity index is 595. The second-order valence-corrected chi connectivity index (χ2v) is 6.97. The molecule has 0 aliphatic heterocycles. The third-order valence-corrected chi connectivity index (χ3v) is 5.28. The molecule has 0 radical (unpaired) electrons. The molecular weight excluding hydrogens is 308 g/mol. The van der Waals surface area contributed by atoms with Crippen LogP contribution in [0.4, 0.5) is 0 Å². The van der Waals surface area contributed by atoms with Crippen LogP contribution in [0.5, 0.6) is 0 Å². The fraction of sp³-hybridized carbons (Fsp3) is 0.444. The number of pyridine rings is 1. The van der Waals surface area contributed by atoms with Crippen LogP contribution >= 0.6 is 11.8 Å². The highest BCUT2D eigenvalue weighted by Crippen LogP contribution is 2.26. The molecule has 1 fully saturated rings. The van der Waals surface area contributed by atoms with Crippen LogP contribution in [0.1, 0.15) is 37.7 Å². The van der Waals surface area contributed by atoms with Crippen molar-refractivity contribution >= 4 is 17.7 Å². The van der Waals surface area contributed by atoms with E-state index in [2.05, 4.69) is 9.88 Å². The van der Waals surface area contributed by atoms with E-state index in [0.29, 0.717) is 18.3 Å². The number of rotatable bonds is 6. The number of furan rings is 1. The molecule has 23 heavy (non-hydrogen) atoms. The van der Waals surface area contributed by atoms with Crippen molar-refractivity contribution < 1.29 is 9.21 Å². The van der Waals surface area contributed by atoms with E-state index in [0.717, 1.165) is 23.3 Å². The molecule has 4 nitrogen and oxygen atoms in total. The first-order valence-corrected chi connectivity index (χ1v) is 9.15. The Morgan fingerprint density at radius 1 is 1.22 bits per heavy atom. The Hall–Kier alpha value is -1.75. The van der Waals surface area contributed by atoms with Crippen molar-refractivity contribution in [2.75, 3.05) is 5.75 Å². The monoisotopic (exact) mass is 330 g/mol. The molecule has 2 heterocycles. The maximum absolute atomic E-state index is 12.8. The van der Waals surface area contributed by atoms with Gasteiger partial charge in [0.15, 0.2) is 0 Å². The average molecular weight is 330 g/mol. The van der Waals surface area contributed by atoms with Crippen LogP contribution in [0, 0.1) is 0 Å². The van der Waals surface area contributed by atoms with Crippen LogP contribution in [0.15, 0.2) is 52.4 Å². The molecule has 2 aromatic rings. The zero-order valence-electron chi connectivity index (χ0n) is 13.2. The largest absolute Gasteiger partial charge is 0.472 e. The standard InChI is InChI=1S/C18H22N2O2S/c21-18(14-23-17-6-9-19-10-7-17)20(12-15-8-11-22-13-15)16-4-2-1-3-5-16/h6-11,13,16H,1-5,12,14H2. The van der Waals surface area contributed by atoms with Gasteiger partial charge in [0.2, 0.25) is 5.91 Å². The molecule has 0 N–H and O–H groups in total. The van der Waals surface area contributed by atoms with Crippen LogP contribution in [0.25, 0.3) is 0 Å². The van der Waals surface area contributed by atoms with Crippen molar-refractivity contribution in [2.45, 2.75) is 49.6 Å². The molecule has 0 aromatic carbocycles. The zero-order valence-corrected chi connectivity index (χ0v) is 14.0. The van der Waals surface area contributed by atoms with Crippen molar-refractivity contribution in [1.82, 2.24) is 9.88 Å². The lowest BCUT2D eigenvalue weighted by Gasteiger charge is -2.34. The molecule has 2 aromatic heterocycles. The average Bonchev–Trinajstić information content (AvgIpc) is 3.12. The SMILES string of the molecule is O=C(CSc1ccncc1)N(Cc1ccoc1)C1CCCCC1. The van der Waals surface area contributed by atoms with E-state index in [4.69, 9.17) is 4.42 Å². The predicted octanol–water partition coefficient (Wildman–Crippen LogP) is 4.13. The lowest BCUT2D eigenvalue weighted by molar-refractivity contribution is -0.132. The normalized spacial score (nSPS) is 15.5. The van der Waals surface area contributed by atoms with Gasteiger partial charge in [-0.2, -0.15) is 0 Å². The van der Waals surface area contributed by atoms with Crippen molar-refractivity contribution in [3.05, 3.63) is 48.7 Å². The highest BCUT2D eigenvalue weighted by Gasteiger charge is 2.25. The van der Waals surface area contributed by atoms with Gasteiger partial charge in [0.25, 0.3) is 0 Å². The number of hydrogen-bond acceptors (Lipinski definition) is 4. The number of hydrogen-bond donors (Lipinski definition) is 0. The molecule has 5 heteroatoms. The molecule has 1 aliphatic rings. The number of nitrogens with zero attached hydrogens (tertiary/aromatic N) is 2. The minimum atomic E-state index is 0.208. The van der Waals surface area contributed by atoms with Gasteiger partial charge in [-0.1, -0.05) is 19.3 Å². The summed E-state index contributed by atoms with van der Waals surface area (Å²) in [5.74, 6) is 0.679. The maximum atomic E-state index is 12.8. The summed E-state index contributed by atoms with van der Waals surface area (Å²) in [7, 11) is 0. The Labute approximate surface area is 141 Å². The number of carbonyl (C=O) groups is 1. The van der Waals surface area contributed by atoms with Gasteiger partial charge in [0, 0.05) is 35.4 Å². The number of carbonyl (C=O) groups excluding carboxylic acids is 1. The van der Waals surface area contributed by atoms with E-state index in [1.165, 1.54) is 19.3 Å². The molecule has 0 atom stereocenters. The Balaban J connectivity index is 1.64. The van der Waals surface area contributed by atoms with E-state index in [-0.39, 0.29) is 5.91 Å². The fourth-order valence-corrected chi connectivity index (χ4v) is 3.83. The van der Waals surface area contributed by atoms with E-state index in [1.54, 1.807) is 36.7 Å². The van der Waals surface area contributed by atoms with Crippen LogP contribution in [0.3, 0.4) is 0 Å². The van der Waals surface area contributed by atoms with E-state index >= 15 is 0 Å². The number of aromatic nitrogens is 1. The van der Waals surface area contributed by atoms with Crippen LogP contribution in [0.2, 0.25) is 0 Å². The van der Waals surface area contributed by atoms with Gasteiger partial charge in [0.1, 0.15) is 0 Å². The van der Waals surface area contributed by atoms with Crippen molar-refractivity contribution in [3.63, 3.8) is 0 Å². The van der Waals surface area contributed by atoms with Gasteiger partial charge < -0.3 is 9.32 Å². The molecule has 1 aliphatic carbocycles. The third kappa shape index (κ3) is 4.61. The van der Waals surface area contributed by atoms with E-state index in [1.807, 2.05) is 18.2 Å². The molecule has 0 unspecified atom stereocenters. The van der Waals surface area contributed by atoms with Gasteiger partial charge in [-0.3, -0.25) is 9.78 Å². The van der Waals surface area contributed by atoms with Crippen LogP contribution < -0.4 is 0 Å². The molecule has 1 saturated carbocycles. The Kier molecular flexibility index (Phi) is 5.75. The van der Waals surface area contributed by atoms with E-state index < -0.39 is 0 Å². The first kappa shape index (κ1) is 16.1. The second kappa shape index (κ2) is 8.20. The molecule has 3 rings (SSSR count). The number of amides is 1. The summed E-state index contributed by atoms with van der Waals surface area (Å²) in [6.07, 6.45) is 12.9. The Morgan fingerprint density at radius 2 is 2.00 bits per heavy atom. The van der Waals surface area contributed by atoms with Crippen molar-refractivity contribution in [3.8, 4) is 0 Å². The smallest absolute Gasteiger partial charge is 0.233 e. The van der Waals surface area contributed by atoms with E-state index in [9.17, 15) is 4.79 Å². The molecule has 122 valence electrons. The van der Waals surface area contributed by atoms with Gasteiger partial charge in [-0.15, -0.1) is 11.8 Å². The van der Waals surface area contributed by atoms with Crippen molar-refractivity contribution in [2.24, 2.45) is 0 Å². The van der Waals surface area contributed by atoms with Gasteiger partial charge >= 0.3 is 0 Å². The zero-order chi connectivity index (χ0) is 15.9. The first-order valence-electron chi connectivity index (χ1n) is 8.16. The van der Waals surface area contributed by atoms with Crippen LogP contribution in [-0.2, 0) is 11.3 Å². The lowest BCUT2D eigenvalue weighted by atomic mass is 9.94. The van der Waals surface area contributed by atoms with Gasteiger partial charge in [-0.05, 0) is 31.0 Å². The Morgan fingerprint density at radius 3 is 2.70 bits per heavy atom.